The van der Waals surface area contributed by atoms with Crippen molar-refractivity contribution >= 4 is 23.4 Å². The van der Waals surface area contributed by atoms with E-state index < -0.39 is 5.97 Å². The van der Waals surface area contributed by atoms with E-state index in [1.807, 2.05) is 26.0 Å². The molecule has 2 aromatic rings. The molecular formula is C21H25ClN2O3. The lowest BCUT2D eigenvalue weighted by molar-refractivity contribution is 0.0516. The van der Waals surface area contributed by atoms with Gasteiger partial charge in [0.25, 0.3) is 0 Å². The highest BCUT2D eigenvalue weighted by atomic mass is 35.5. The van der Waals surface area contributed by atoms with Crippen molar-refractivity contribution in [2.45, 2.75) is 46.1 Å². The fourth-order valence-electron chi connectivity index (χ4n) is 2.31. The van der Waals surface area contributed by atoms with Crippen LogP contribution in [-0.4, -0.2) is 17.9 Å². The summed E-state index contributed by atoms with van der Waals surface area (Å²) in [6.07, 6.45) is 0.00462. The van der Waals surface area contributed by atoms with Crippen LogP contribution in [0.2, 0.25) is 5.02 Å². The lowest BCUT2D eigenvalue weighted by Gasteiger charge is -2.18. The number of ether oxygens (including phenoxy) is 1. The predicted octanol–water partition coefficient (Wildman–Crippen LogP) is 4.90. The average Bonchev–Trinajstić information content (AvgIpc) is 2.60. The molecule has 0 spiro atoms. The van der Waals surface area contributed by atoms with Gasteiger partial charge in [0.05, 0.1) is 16.7 Å². The molecule has 2 N–H and O–H groups in total. The molecule has 2 aromatic carbocycles. The monoisotopic (exact) mass is 388 g/mol. The van der Waals surface area contributed by atoms with Gasteiger partial charge in [0.2, 0.25) is 0 Å². The number of oxime groups is 1. The van der Waals surface area contributed by atoms with Gasteiger partial charge in [0, 0.05) is 5.56 Å². The largest absolute Gasteiger partial charge is 0.489 e. The molecule has 0 aliphatic rings. The maximum absolute atomic E-state index is 12.2. The van der Waals surface area contributed by atoms with Gasteiger partial charge in [-0.1, -0.05) is 49.7 Å². The van der Waals surface area contributed by atoms with Crippen LogP contribution < -0.4 is 10.5 Å². The second kappa shape index (κ2) is 8.44. The maximum Gasteiger partial charge on any atom is 0.365 e. The van der Waals surface area contributed by atoms with Gasteiger partial charge in [-0.05, 0) is 55.2 Å². The molecule has 27 heavy (non-hydrogen) atoms. The van der Waals surface area contributed by atoms with Crippen LogP contribution in [0.1, 0.15) is 56.1 Å². The summed E-state index contributed by atoms with van der Waals surface area (Å²) in [6, 6.07) is 12.2. The number of nitrogens with two attached hydrogens (primary N) is 1. The molecule has 0 heterocycles. The average molecular weight is 389 g/mol. The lowest BCUT2D eigenvalue weighted by Crippen LogP contribution is -2.16. The molecule has 0 bridgehead atoms. The van der Waals surface area contributed by atoms with Crippen LogP contribution in [0.25, 0.3) is 0 Å². The molecule has 0 unspecified atom stereocenters. The minimum atomic E-state index is -0.579. The van der Waals surface area contributed by atoms with Gasteiger partial charge >= 0.3 is 5.97 Å². The Morgan fingerprint density at radius 1 is 1.07 bits per heavy atom. The van der Waals surface area contributed by atoms with Crippen LogP contribution in [0.4, 0.5) is 0 Å². The smallest absolute Gasteiger partial charge is 0.365 e. The standard InChI is InChI=1S/C21H25ClN2O3/c1-13(2)26-18-11-8-15(12-17(18)22)19(23)24-27-20(25)14-6-9-16(10-7-14)21(3,4)5/h6-13H,1-5H3,(H2,23,24). The first-order chi connectivity index (χ1) is 12.6. The van der Waals surface area contributed by atoms with Crippen LogP contribution in [0.15, 0.2) is 47.6 Å². The van der Waals surface area contributed by atoms with Crippen LogP contribution in [-0.2, 0) is 10.3 Å². The van der Waals surface area contributed by atoms with Crippen LogP contribution >= 0.6 is 11.6 Å². The third-order valence-corrected chi connectivity index (χ3v) is 4.10. The summed E-state index contributed by atoms with van der Waals surface area (Å²) in [5.41, 5.74) is 7.97. The highest BCUT2D eigenvalue weighted by Crippen LogP contribution is 2.26. The highest BCUT2D eigenvalue weighted by Gasteiger charge is 2.15. The minimum Gasteiger partial charge on any atom is -0.489 e. The third kappa shape index (κ3) is 5.73. The number of amidine groups is 1. The van der Waals surface area contributed by atoms with E-state index in [-0.39, 0.29) is 17.4 Å². The summed E-state index contributed by atoms with van der Waals surface area (Å²) in [4.78, 5) is 17.1. The van der Waals surface area contributed by atoms with Gasteiger partial charge < -0.3 is 15.3 Å². The van der Waals surface area contributed by atoms with Crippen molar-refractivity contribution in [2.24, 2.45) is 10.9 Å². The van der Waals surface area contributed by atoms with Crippen LogP contribution in [0.3, 0.4) is 0 Å². The van der Waals surface area contributed by atoms with E-state index in [1.54, 1.807) is 30.3 Å². The van der Waals surface area contributed by atoms with Crippen LogP contribution in [0.5, 0.6) is 5.75 Å². The van der Waals surface area contributed by atoms with Gasteiger partial charge in [-0.15, -0.1) is 0 Å². The van der Waals surface area contributed by atoms with Gasteiger partial charge in [-0.25, -0.2) is 4.79 Å². The van der Waals surface area contributed by atoms with E-state index in [1.165, 1.54) is 0 Å². The molecule has 144 valence electrons. The number of hydrogen-bond acceptors (Lipinski definition) is 4. The first-order valence-corrected chi connectivity index (χ1v) is 9.07. The molecule has 0 fully saturated rings. The Labute approximate surface area is 165 Å². The van der Waals surface area contributed by atoms with E-state index >= 15 is 0 Å². The highest BCUT2D eigenvalue weighted by molar-refractivity contribution is 6.32. The number of halogens is 1. The lowest BCUT2D eigenvalue weighted by atomic mass is 9.87. The Kier molecular flexibility index (Phi) is 6.50. The number of rotatable bonds is 5. The minimum absolute atomic E-state index is 0.00462. The second-order valence-electron chi connectivity index (χ2n) is 7.49. The zero-order valence-electron chi connectivity index (χ0n) is 16.2. The van der Waals surface area contributed by atoms with Crippen molar-refractivity contribution < 1.29 is 14.4 Å². The van der Waals surface area contributed by atoms with Crippen LogP contribution in [0, 0.1) is 0 Å². The summed E-state index contributed by atoms with van der Waals surface area (Å²) < 4.78 is 5.57. The number of carbonyl (C=O) groups excluding carboxylic acids is 1. The zero-order chi connectivity index (χ0) is 20.2. The molecule has 0 saturated heterocycles. The van der Waals surface area contributed by atoms with Crippen molar-refractivity contribution in [3.63, 3.8) is 0 Å². The Morgan fingerprint density at radius 3 is 2.19 bits per heavy atom. The van der Waals surface area contributed by atoms with E-state index in [2.05, 4.69) is 25.9 Å². The summed E-state index contributed by atoms with van der Waals surface area (Å²) in [5, 5.41) is 4.13. The van der Waals surface area contributed by atoms with Crippen molar-refractivity contribution in [2.75, 3.05) is 0 Å². The SMILES string of the molecule is CC(C)Oc1ccc(/C(N)=N/OC(=O)c2ccc(C(C)(C)C)cc2)cc1Cl. The Bertz CT molecular complexity index is 837. The van der Waals surface area contributed by atoms with E-state index in [0.29, 0.717) is 21.9 Å². The molecule has 0 saturated carbocycles. The van der Waals surface area contributed by atoms with Gasteiger partial charge in [0.1, 0.15) is 5.75 Å². The second-order valence-corrected chi connectivity index (χ2v) is 7.90. The fourth-order valence-corrected chi connectivity index (χ4v) is 2.54. The first-order valence-electron chi connectivity index (χ1n) is 8.70. The number of nitrogens with zero attached hydrogens (tertiary/aromatic N) is 1. The molecule has 6 heteroatoms. The number of hydrogen-bond donors (Lipinski definition) is 1. The first kappa shape index (κ1) is 20.8. The maximum atomic E-state index is 12.2. The van der Waals surface area contributed by atoms with Gasteiger partial charge in [-0.2, -0.15) is 0 Å². The molecule has 0 aliphatic carbocycles. The summed E-state index contributed by atoms with van der Waals surface area (Å²) >= 11 is 6.18. The fraction of sp³-hybridized carbons (Fsp3) is 0.333. The van der Waals surface area contributed by atoms with Crippen molar-refractivity contribution in [1.82, 2.24) is 0 Å². The molecule has 0 aliphatic heterocycles. The molecule has 0 amide bonds. The number of benzene rings is 2. The third-order valence-electron chi connectivity index (χ3n) is 3.80. The van der Waals surface area contributed by atoms with E-state index in [4.69, 9.17) is 26.9 Å². The van der Waals surface area contributed by atoms with Crippen molar-refractivity contribution in [1.29, 1.82) is 0 Å². The molecule has 0 radical (unpaired) electrons. The quantitative estimate of drug-likeness (QED) is 0.342. The predicted molar refractivity (Wildman–Crippen MR) is 108 cm³/mol. The van der Waals surface area contributed by atoms with E-state index in [0.717, 1.165) is 5.56 Å². The molecule has 0 atom stereocenters. The molecule has 2 rings (SSSR count). The van der Waals surface area contributed by atoms with Crippen molar-refractivity contribution in [3.05, 3.63) is 64.2 Å². The Balaban J connectivity index is 2.08. The molecule has 5 nitrogen and oxygen atoms in total. The van der Waals surface area contributed by atoms with E-state index in [9.17, 15) is 4.79 Å². The summed E-state index contributed by atoms with van der Waals surface area (Å²) in [6.45, 7) is 10.1. The Morgan fingerprint density at radius 2 is 1.67 bits per heavy atom. The zero-order valence-corrected chi connectivity index (χ0v) is 17.0. The molecule has 0 aromatic heterocycles. The normalized spacial score (nSPS) is 12.2. The summed E-state index contributed by atoms with van der Waals surface area (Å²) in [7, 11) is 0. The molecular weight excluding hydrogens is 364 g/mol. The topological polar surface area (TPSA) is 73.9 Å². The van der Waals surface area contributed by atoms with Gasteiger partial charge in [-0.3, -0.25) is 0 Å². The number of carbonyl (C=O) groups is 1. The summed E-state index contributed by atoms with van der Waals surface area (Å²) in [5.74, 6) is 0.0241. The van der Waals surface area contributed by atoms with Gasteiger partial charge in [0.15, 0.2) is 5.84 Å². The van der Waals surface area contributed by atoms with Crippen molar-refractivity contribution in [3.8, 4) is 5.75 Å². The Hall–Kier alpha value is -2.53.